The van der Waals surface area contributed by atoms with Crippen molar-refractivity contribution in [1.82, 2.24) is 5.32 Å². The predicted molar refractivity (Wildman–Crippen MR) is 68.5 cm³/mol. The molecule has 0 aromatic heterocycles. The van der Waals surface area contributed by atoms with E-state index in [1.54, 1.807) is 0 Å². The maximum absolute atomic E-state index is 8.42. The Hall–Kier alpha value is -1.27. The number of nitrogens with one attached hydrogen (secondary N) is 1. The lowest BCUT2D eigenvalue weighted by Crippen LogP contribution is -2.28. The molecular weight excluding hydrogens is 286 g/mol. The molecule has 0 bridgehead atoms. The number of fused-ring (bicyclic) bond motifs is 1. The van der Waals surface area contributed by atoms with E-state index >= 15 is 0 Å². The van der Waals surface area contributed by atoms with Crippen LogP contribution in [-0.4, -0.2) is 24.2 Å². The molecule has 0 saturated heterocycles. The first-order valence-electron chi connectivity index (χ1n) is 5.32. The van der Waals surface area contributed by atoms with Gasteiger partial charge in [-0.1, -0.05) is 21.1 Å². The van der Waals surface area contributed by atoms with Crippen LogP contribution < -0.4 is 15.8 Å². The van der Waals surface area contributed by atoms with E-state index in [2.05, 4.69) is 32.5 Å². The van der Waals surface area contributed by atoms with Gasteiger partial charge < -0.3 is 21.0 Å². The number of oxime groups is 1. The minimum absolute atomic E-state index is 0.164. The second-order valence-electron chi connectivity index (χ2n) is 3.85. The molecule has 4 N–H and O–H groups in total. The summed E-state index contributed by atoms with van der Waals surface area (Å²) in [7, 11) is 0. The first-order chi connectivity index (χ1) is 8.20. The summed E-state index contributed by atoms with van der Waals surface area (Å²) in [6.45, 7) is 1.70. The number of hydrogen-bond donors (Lipinski definition) is 3. The van der Waals surface area contributed by atoms with Gasteiger partial charge in [0.1, 0.15) is 5.75 Å². The maximum atomic E-state index is 8.42. The highest BCUT2D eigenvalue weighted by molar-refractivity contribution is 9.10. The third-order valence-corrected chi connectivity index (χ3v) is 3.03. The standard InChI is InChI=1S/C11H14BrN3O2/c12-9-3-7-1-2-17-11(7)8(4-9)5-14-6-10(13)15-16/h3-4,14,16H,1-2,5-6H2,(H2,13,15). The predicted octanol–water partition coefficient (Wildman–Crippen LogP) is 1.22. The topological polar surface area (TPSA) is 79.9 Å². The SMILES string of the molecule is N/C(CNCc1cc(Br)cc2c1OCC2)=N/O. The van der Waals surface area contributed by atoms with E-state index in [4.69, 9.17) is 15.7 Å². The van der Waals surface area contributed by atoms with Gasteiger partial charge >= 0.3 is 0 Å². The highest BCUT2D eigenvalue weighted by Crippen LogP contribution is 2.32. The van der Waals surface area contributed by atoms with Crippen LogP contribution in [0, 0.1) is 0 Å². The van der Waals surface area contributed by atoms with Crippen LogP contribution in [0.4, 0.5) is 0 Å². The Labute approximate surface area is 108 Å². The van der Waals surface area contributed by atoms with Gasteiger partial charge in [-0.05, 0) is 17.7 Å². The van der Waals surface area contributed by atoms with E-state index in [0.29, 0.717) is 13.1 Å². The van der Waals surface area contributed by atoms with Crippen LogP contribution in [0.1, 0.15) is 11.1 Å². The number of halogens is 1. The fourth-order valence-corrected chi connectivity index (χ4v) is 2.39. The monoisotopic (exact) mass is 299 g/mol. The van der Waals surface area contributed by atoms with Gasteiger partial charge in [-0.25, -0.2) is 0 Å². The summed E-state index contributed by atoms with van der Waals surface area (Å²) in [6.07, 6.45) is 0.946. The van der Waals surface area contributed by atoms with Gasteiger partial charge in [-0.15, -0.1) is 0 Å². The van der Waals surface area contributed by atoms with E-state index in [1.807, 2.05) is 6.07 Å². The van der Waals surface area contributed by atoms with Crippen LogP contribution in [0.25, 0.3) is 0 Å². The van der Waals surface area contributed by atoms with Gasteiger partial charge in [0.15, 0.2) is 5.84 Å². The molecule has 0 saturated carbocycles. The highest BCUT2D eigenvalue weighted by Gasteiger charge is 2.17. The fourth-order valence-electron chi connectivity index (χ4n) is 1.84. The van der Waals surface area contributed by atoms with Gasteiger partial charge in [0.2, 0.25) is 0 Å². The quantitative estimate of drug-likeness (QED) is 0.338. The number of benzene rings is 1. The molecule has 0 fully saturated rings. The summed E-state index contributed by atoms with van der Waals surface area (Å²) in [5, 5.41) is 14.4. The number of amidine groups is 1. The zero-order valence-electron chi connectivity index (χ0n) is 9.24. The summed E-state index contributed by atoms with van der Waals surface area (Å²) in [5.41, 5.74) is 7.68. The molecule has 2 rings (SSSR count). The van der Waals surface area contributed by atoms with Gasteiger partial charge in [-0.2, -0.15) is 0 Å². The van der Waals surface area contributed by atoms with Crippen LogP contribution in [0.3, 0.4) is 0 Å². The van der Waals surface area contributed by atoms with Gasteiger partial charge in [0.25, 0.3) is 0 Å². The molecule has 0 spiro atoms. The molecular formula is C11H14BrN3O2. The van der Waals surface area contributed by atoms with E-state index in [1.165, 1.54) is 5.56 Å². The van der Waals surface area contributed by atoms with Gasteiger partial charge in [0, 0.05) is 23.0 Å². The van der Waals surface area contributed by atoms with Crippen molar-refractivity contribution in [1.29, 1.82) is 0 Å². The largest absolute Gasteiger partial charge is 0.493 e. The number of hydrogen-bond acceptors (Lipinski definition) is 4. The molecule has 92 valence electrons. The van der Waals surface area contributed by atoms with Gasteiger partial charge in [-0.3, -0.25) is 0 Å². The molecule has 0 amide bonds. The van der Waals surface area contributed by atoms with E-state index in [-0.39, 0.29) is 5.84 Å². The first-order valence-corrected chi connectivity index (χ1v) is 6.11. The molecule has 1 aliphatic heterocycles. The highest BCUT2D eigenvalue weighted by atomic mass is 79.9. The molecule has 17 heavy (non-hydrogen) atoms. The summed E-state index contributed by atoms with van der Waals surface area (Å²) < 4.78 is 6.64. The van der Waals surface area contributed by atoms with Crippen LogP contribution in [-0.2, 0) is 13.0 Å². The molecule has 1 aromatic carbocycles. The van der Waals surface area contributed by atoms with E-state index in [0.717, 1.165) is 28.8 Å². The molecule has 1 aliphatic rings. The van der Waals surface area contributed by atoms with E-state index < -0.39 is 0 Å². The minimum Gasteiger partial charge on any atom is -0.493 e. The Morgan fingerprint density at radius 1 is 1.59 bits per heavy atom. The summed E-state index contributed by atoms with van der Waals surface area (Å²) in [4.78, 5) is 0. The molecule has 5 nitrogen and oxygen atoms in total. The molecule has 1 heterocycles. The smallest absolute Gasteiger partial charge is 0.153 e. The van der Waals surface area contributed by atoms with Crippen molar-refractivity contribution >= 4 is 21.8 Å². The van der Waals surface area contributed by atoms with Crippen LogP contribution in [0.2, 0.25) is 0 Å². The third kappa shape index (κ3) is 2.89. The van der Waals surface area contributed by atoms with Crippen molar-refractivity contribution in [3.63, 3.8) is 0 Å². The van der Waals surface area contributed by atoms with Crippen molar-refractivity contribution in [2.75, 3.05) is 13.2 Å². The molecule has 0 radical (unpaired) electrons. The number of nitrogens with two attached hydrogens (primary N) is 1. The summed E-state index contributed by atoms with van der Waals surface area (Å²) in [6, 6.07) is 4.10. The van der Waals surface area contributed by atoms with Crippen molar-refractivity contribution in [2.24, 2.45) is 10.9 Å². The van der Waals surface area contributed by atoms with Crippen LogP contribution in [0.5, 0.6) is 5.75 Å². The Morgan fingerprint density at radius 3 is 3.18 bits per heavy atom. The summed E-state index contributed by atoms with van der Waals surface area (Å²) in [5.74, 6) is 1.12. The molecule has 1 aromatic rings. The minimum atomic E-state index is 0.164. The maximum Gasteiger partial charge on any atom is 0.153 e. The van der Waals surface area contributed by atoms with Crippen molar-refractivity contribution in [3.05, 3.63) is 27.7 Å². The Kier molecular flexibility index (Phi) is 3.86. The lowest BCUT2D eigenvalue weighted by atomic mass is 10.1. The number of ether oxygens (including phenoxy) is 1. The molecule has 0 aliphatic carbocycles. The average Bonchev–Trinajstić information content (AvgIpc) is 2.76. The van der Waals surface area contributed by atoms with E-state index in [9.17, 15) is 0 Å². The Balaban J connectivity index is 2.06. The van der Waals surface area contributed by atoms with Crippen LogP contribution in [0.15, 0.2) is 21.8 Å². The second-order valence-corrected chi connectivity index (χ2v) is 4.76. The third-order valence-electron chi connectivity index (χ3n) is 2.58. The Bertz CT molecular complexity index is 449. The van der Waals surface area contributed by atoms with Crippen molar-refractivity contribution in [2.45, 2.75) is 13.0 Å². The lowest BCUT2D eigenvalue weighted by molar-refractivity contribution is 0.317. The molecule has 0 unspecified atom stereocenters. The normalized spacial score (nSPS) is 14.5. The zero-order chi connectivity index (χ0) is 12.3. The lowest BCUT2D eigenvalue weighted by Gasteiger charge is -2.09. The number of nitrogens with zero attached hydrogens (tertiary/aromatic N) is 1. The molecule has 0 atom stereocenters. The zero-order valence-corrected chi connectivity index (χ0v) is 10.8. The first kappa shape index (κ1) is 12.2. The van der Waals surface area contributed by atoms with Gasteiger partial charge in [0.05, 0.1) is 13.2 Å². The molecule has 6 heteroatoms. The average molecular weight is 300 g/mol. The van der Waals surface area contributed by atoms with Crippen molar-refractivity contribution in [3.8, 4) is 5.75 Å². The number of rotatable bonds is 4. The summed E-state index contributed by atoms with van der Waals surface area (Å²) >= 11 is 3.48. The Morgan fingerprint density at radius 2 is 2.41 bits per heavy atom. The second kappa shape index (κ2) is 5.37. The fraction of sp³-hybridized carbons (Fsp3) is 0.364. The van der Waals surface area contributed by atoms with Crippen LogP contribution >= 0.6 is 15.9 Å². The van der Waals surface area contributed by atoms with Crippen molar-refractivity contribution < 1.29 is 9.94 Å².